The molecule has 2 aliphatic rings. The molecule has 6 nitrogen and oxygen atoms in total. The normalized spacial score (nSPS) is 27.6. The Bertz CT molecular complexity index is 451. The van der Waals surface area contributed by atoms with E-state index in [9.17, 15) is 15.2 Å². The first-order chi connectivity index (χ1) is 10.0. The number of nitriles is 1. The molecular formula is C15H24N4O2. The molecule has 1 saturated carbocycles. The first-order valence-corrected chi connectivity index (χ1v) is 7.65. The first-order valence-electron chi connectivity index (χ1n) is 7.65. The van der Waals surface area contributed by atoms with Gasteiger partial charge in [0.2, 0.25) is 5.91 Å². The topological polar surface area (TPSA) is 100 Å². The Labute approximate surface area is 125 Å². The summed E-state index contributed by atoms with van der Waals surface area (Å²) in [5.74, 6) is -0.143. The lowest BCUT2D eigenvalue weighted by Gasteiger charge is -2.31. The highest BCUT2D eigenvalue weighted by Gasteiger charge is 2.39. The molecule has 116 valence electrons. The molecule has 0 radical (unpaired) electrons. The van der Waals surface area contributed by atoms with Crippen LogP contribution < -0.4 is 5.32 Å². The van der Waals surface area contributed by atoms with E-state index in [1.807, 2.05) is 0 Å². The predicted molar refractivity (Wildman–Crippen MR) is 79.0 cm³/mol. The van der Waals surface area contributed by atoms with Crippen molar-refractivity contribution in [2.45, 2.75) is 63.1 Å². The van der Waals surface area contributed by atoms with Gasteiger partial charge in [-0.15, -0.1) is 0 Å². The third-order valence-electron chi connectivity index (χ3n) is 4.80. The molecule has 21 heavy (non-hydrogen) atoms. The number of aliphatic hydroxyl groups is 1. The SMILES string of the molecule is CC(=N)[C@H]1CC[C@@H](C#N)N1C(=O)CNC1(CO)CCCC1. The predicted octanol–water partition coefficient (Wildman–Crippen LogP) is 0.804. The van der Waals surface area contributed by atoms with Crippen LogP contribution in [0.15, 0.2) is 0 Å². The second-order valence-electron chi connectivity index (χ2n) is 6.22. The molecule has 1 heterocycles. The van der Waals surface area contributed by atoms with E-state index < -0.39 is 6.04 Å². The largest absolute Gasteiger partial charge is 0.394 e. The van der Waals surface area contributed by atoms with E-state index in [1.165, 1.54) is 0 Å². The van der Waals surface area contributed by atoms with Gasteiger partial charge in [-0.1, -0.05) is 12.8 Å². The van der Waals surface area contributed by atoms with Gasteiger partial charge in [-0.05, 0) is 32.6 Å². The van der Waals surface area contributed by atoms with Gasteiger partial charge in [-0.3, -0.25) is 4.79 Å². The van der Waals surface area contributed by atoms with Gasteiger partial charge in [0, 0.05) is 11.3 Å². The maximum absolute atomic E-state index is 12.5. The minimum absolute atomic E-state index is 0.0367. The summed E-state index contributed by atoms with van der Waals surface area (Å²) in [4.78, 5) is 14.0. The number of nitrogens with zero attached hydrogens (tertiary/aromatic N) is 2. The van der Waals surface area contributed by atoms with Crippen LogP contribution in [0.1, 0.15) is 45.4 Å². The summed E-state index contributed by atoms with van der Waals surface area (Å²) >= 11 is 0. The summed E-state index contributed by atoms with van der Waals surface area (Å²) in [6.45, 7) is 1.85. The van der Waals surface area contributed by atoms with E-state index in [0.29, 0.717) is 18.6 Å². The number of carbonyl (C=O) groups excluding carboxylic acids is 1. The van der Waals surface area contributed by atoms with E-state index >= 15 is 0 Å². The fourth-order valence-electron chi connectivity index (χ4n) is 3.51. The van der Waals surface area contributed by atoms with Crippen molar-refractivity contribution in [3.05, 3.63) is 0 Å². The van der Waals surface area contributed by atoms with Crippen molar-refractivity contribution >= 4 is 11.6 Å². The van der Waals surface area contributed by atoms with Gasteiger partial charge in [0.1, 0.15) is 6.04 Å². The summed E-state index contributed by atoms with van der Waals surface area (Å²) < 4.78 is 0. The van der Waals surface area contributed by atoms with E-state index in [-0.39, 0.29) is 30.6 Å². The zero-order valence-electron chi connectivity index (χ0n) is 12.6. The van der Waals surface area contributed by atoms with Crippen molar-refractivity contribution in [2.24, 2.45) is 0 Å². The average Bonchev–Trinajstić information content (AvgIpc) is 3.11. The Morgan fingerprint density at radius 2 is 2.14 bits per heavy atom. The van der Waals surface area contributed by atoms with Crippen LogP contribution in [0.3, 0.4) is 0 Å². The molecule has 2 atom stereocenters. The second-order valence-corrected chi connectivity index (χ2v) is 6.22. The van der Waals surface area contributed by atoms with Gasteiger partial charge < -0.3 is 20.7 Å². The smallest absolute Gasteiger partial charge is 0.238 e. The Kier molecular flexibility index (Phi) is 4.96. The lowest BCUT2D eigenvalue weighted by atomic mass is 9.99. The van der Waals surface area contributed by atoms with Crippen LogP contribution in [0.25, 0.3) is 0 Å². The van der Waals surface area contributed by atoms with Gasteiger partial charge in [0.15, 0.2) is 0 Å². The lowest BCUT2D eigenvalue weighted by molar-refractivity contribution is -0.131. The summed E-state index contributed by atoms with van der Waals surface area (Å²) in [6.07, 6.45) is 5.21. The molecule has 0 spiro atoms. The number of rotatable bonds is 5. The molecule has 0 unspecified atom stereocenters. The highest BCUT2D eigenvalue weighted by atomic mass is 16.3. The van der Waals surface area contributed by atoms with Crippen molar-refractivity contribution in [1.29, 1.82) is 10.7 Å². The minimum Gasteiger partial charge on any atom is -0.394 e. The molecule has 2 fully saturated rings. The van der Waals surface area contributed by atoms with E-state index in [4.69, 9.17) is 5.41 Å². The monoisotopic (exact) mass is 292 g/mol. The van der Waals surface area contributed by atoms with Gasteiger partial charge in [-0.2, -0.15) is 5.26 Å². The Balaban J connectivity index is 2.00. The molecule has 1 aliphatic heterocycles. The number of amides is 1. The van der Waals surface area contributed by atoms with Crippen molar-refractivity contribution in [3.63, 3.8) is 0 Å². The fourth-order valence-corrected chi connectivity index (χ4v) is 3.51. The van der Waals surface area contributed by atoms with Gasteiger partial charge in [0.25, 0.3) is 0 Å². The van der Waals surface area contributed by atoms with E-state index in [0.717, 1.165) is 25.7 Å². The maximum Gasteiger partial charge on any atom is 0.238 e. The van der Waals surface area contributed by atoms with Gasteiger partial charge in [0.05, 0.1) is 25.3 Å². The Morgan fingerprint density at radius 3 is 2.67 bits per heavy atom. The molecule has 0 aromatic rings. The van der Waals surface area contributed by atoms with Crippen LogP contribution in [0, 0.1) is 16.7 Å². The zero-order valence-corrected chi connectivity index (χ0v) is 12.6. The molecule has 0 bridgehead atoms. The van der Waals surface area contributed by atoms with Crippen LogP contribution in [-0.4, -0.2) is 52.4 Å². The van der Waals surface area contributed by atoms with Crippen molar-refractivity contribution in [2.75, 3.05) is 13.2 Å². The highest BCUT2D eigenvalue weighted by Crippen LogP contribution is 2.29. The van der Waals surface area contributed by atoms with Gasteiger partial charge in [-0.25, -0.2) is 0 Å². The number of nitrogens with one attached hydrogen (secondary N) is 2. The number of aliphatic hydroxyl groups excluding tert-OH is 1. The van der Waals surface area contributed by atoms with E-state index in [1.54, 1.807) is 11.8 Å². The van der Waals surface area contributed by atoms with Crippen LogP contribution in [0.5, 0.6) is 0 Å². The van der Waals surface area contributed by atoms with Gasteiger partial charge >= 0.3 is 0 Å². The fraction of sp³-hybridized carbons (Fsp3) is 0.800. The van der Waals surface area contributed by atoms with E-state index in [2.05, 4.69) is 11.4 Å². The summed E-state index contributed by atoms with van der Waals surface area (Å²) in [5, 5.41) is 29.7. The standard InChI is InChI=1S/C15H24N4O2/c1-11(17)13-5-4-12(8-16)19(13)14(21)9-18-15(10-20)6-2-3-7-15/h12-13,17-18,20H,2-7,9-10H2,1H3/t12-,13+/m0/s1. The molecule has 0 aromatic heterocycles. The lowest BCUT2D eigenvalue weighted by Crippen LogP contribution is -2.53. The van der Waals surface area contributed by atoms with Crippen molar-refractivity contribution in [3.8, 4) is 6.07 Å². The highest BCUT2D eigenvalue weighted by molar-refractivity contribution is 5.91. The van der Waals surface area contributed by atoms with Crippen LogP contribution >= 0.6 is 0 Å². The molecule has 0 aromatic carbocycles. The molecule has 1 amide bonds. The summed E-state index contributed by atoms with van der Waals surface area (Å²) in [6, 6.07) is 1.48. The third kappa shape index (κ3) is 3.25. The third-order valence-corrected chi connectivity index (χ3v) is 4.80. The Morgan fingerprint density at radius 1 is 1.48 bits per heavy atom. The van der Waals surface area contributed by atoms with Crippen LogP contribution in [0.2, 0.25) is 0 Å². The van der Waals surface area contributed by atoms with Crippen molar-refractivity contribution in [1.82, 2.24) is 10.2 Å². The molecule has 6 heteroatoms. The number of hydrogen-bond donors (Lipinski definition) is 3. The average molecular weight is 292 g/mol. The van der Waals surface area contributed by atoms with Crippen molar-refractivity contribution < 1.29 is 9.90 Å². The molecule has 3 N–H and O–H groups in total. The second kappa shape index (κ2) is 6.54. The number of hydrogen-bond acceptors (Lipinski definition) is 5. The molecule has 1 aliphatic carbocycles. The quantitative estimate of drug-likeness (QED) is 0.653. The summed E-state index contributed by atoms with van der Waals surface area (Å²) in [5.41, 5.74) is 0.0889. The molecule has 2 rings (SSSR count). The summed E-state index contributed by atoms with van der Waals surface area (Å²) in [7, 11) is 0. The van der Waals surface area contributed by atoms with Crippen LogP contribution in [-0.2, 0) is 4.79 Å². The number of carbonyl (C=O) groups is 1. The molecule has 1 saturated heterocycles. The maximum atomic E-state index is 12.5. The number of likely N-dealkylation sites (tertiary alicyclic amines) is 1. The molecular weight excluding hydrogens is 268 g/mol. The first kappa shape index (κ1) is 15.9. The Hall–Kier alpha value is -1.45. The zero-order chi connectivity index (χ0) is 15.5. The van der Waals surface area contributed by atoms with Crippen LogP contribution in [0.4, 0.5) is 0 Å². The minimum atomic E-state index is -0.432.